The fourth-order valence-electron chi connectivity index (χ4n) is 3.17. The van der Waals surface area contributed by atoms with Crippen molar-refractivity contribution >= 4 is 41.3 Å². The molecule has 0 aromatic carbocycles. The summed E-state index contributed by atoms with van der Waals surface area (Å²) in [6, 6.07) is 0. The molecule has 0 saturated carbocycles. The van der Waals surface area contributed by atoms with Crippen LogP contribution in [0.1, 0.15) is 67.0 Å². The molecule has 1 aliphatic carbocycles. The van der Waals surface area contributed by atoms with Crippen LogP contribution in [0.25, 0.3) is 6.08 Å². The number of ether oxygens (including phenoxy) is 2. The zero-order valence-electron chi connectivity index (χ0n) is 16.3. The van der Waals surface area contributed by atoms with E-state index in [9.17, 15) is 19.2 Å². The van der Waals surface area contributed by atoms with Crippen LogP contribution in [0.2, 0.25) is 0 Å². The quantitative estimate of drug-likeness (QED) is 0.423. The van der Waals surface area contributed by atoms with Gasteiger partial charge in [-0.2, -0.15) is 0 Å². The molecule has 1 aromatic rings. The van der Waals surface area contributed by atoms with Crippen LogP contribution in [-0.4, -0.2) is 30.0 Å². The lowest BCUT2D eigenvalue weighted by molar-refractivity contribution is -0.259. The Kier molecular flexibility index (Phi) is 6.95. The Hall–Kier alpha value is -2.68. The summed E-state index contributed by atoms with van der Waals surface area (Å²) in [5, 5.41) is 0. The van der Waals surface area contributed by atoms with E-state index < -0.39 is 42.0 Å². The Morgan fingerprint density at radius 3 is 2.18 bits per heavy atom. The van der Waals surface area contributed by atoms with Crippen LogP contribution < -0.4 is 0 Å². The van der Waals surface area contributed by atoms with Crippen molar-refractivity contribution in [3.8, 4) is 0 Å². The van der Waals surface area contributed by atoms with Gasteiger partial charge in [-0.05, 0) is 31.1 Å². The van der Waals surface area contributed by atoms with E-state index in [1.54, 1.807) is 0 Å². The van der Waals surface area contributed by atoms with Crippen molar-refractivity contribution in [1.82, 2.24) is 0 Å². The highest BCUT2D eigenvalue weighted by Gasteiger charge is 2.45. The third-order valence-electron chi connectivity index (χ3n) is 4.13. The molecule has 0 aliphatic heterocycles. The van der Waals surface area contributed by atoms with Crippen LogP contribution in [-0.2, 0) is 38.4 Å². The topological polar surface area (TPSA) is 105 Å². The Labute approximate surface area is 166 Å². The van der Waals surface area contributed by atoms with E-state index in [2.05, 4.69) is 9.78 Å². The van der Waals surface area contributed by atoms with Crippen molar-refractivity contribution in [3.05, 3.63) is 27.0 Å². The molecule has 152 valence electrons. The molecular weight excluding hydrogens is 388 g/mol. The van der Waals surface area contributed by atoms with Crippen molar-refractivity contribution in [2.24, 2.45) is 0 Å². The van der Waals surface area contributed by atoms with E-state index in [0.717, 1.165) is 17.4 Å². The molecule has 1 aliphatic rings. The number of thiophene rings is 1. The Morgan fingerprint density at radius 2 is 1.64 bits per heavy atom. The molecule has 9 heteroatoms. The summed E-state index contributed by atoms with van der Waals surface area (Å²) < 4.78 is 10.8. The number of esters is 2. The predicted molar refractivity (Wildman–Crippen MR) is 99.0 cm³/mol. The minimum absolute atomic E-state index is 0.0253. The van der Waals surface area contributed by atoms with E-state index >= 15 is 0 Å². The van der Waals surface area contributed by atoms with Crippen molar-refractivity contribution in [2.75, 3.05) is 0 Å². The van der Waals surface area contributed by atoms with Gasteiger partial charge in [-0.25, -0.2) is 19.4 Å². The van der Waals surface area contributed by atoms with E-state index in [1.165, 1.54) is 25.2 Å². The molecule has 0 N–H and O–H groups in total. The van der Waals surface area contributed by atoms with Gasteiger partial charge < -0.3 is 9.47 Å². The van der Waals surface area contributed by atoms with Gasteiger partial charge in [0.05, 0.1) is 10.8 Å². The normalized spacial score (nSPS) is 21.0. The van der Waals surface area contributed by atoms with E-state index in [-0.39, 0.29) is 6.42 Å². The first-order valence-electron chi connectivity index (χ1n) is 8.64. The molecule has 0 saturated heterocycles. The van der Waals surface area contributed by atoms with Crippen molar-refractivity contribution < 1.29 is 38.4 Å². The van der Waals surface area contributed by atoms with Gasteiger partial charge in [-0.1, -0.05) is 6.08 Å². The maximum Gasteiger partial charge on any atom is 0.363 e. The lowest BCUT2D eigenvalue weighted by atomic mass is 9.82. The van der Waals surface area contributed by atoms with Crippen LogP contribution in [0, 0.1) is 6.92 Å². The van der Waals surface area contributed by atoms with Gasteiger partial charge in [0.15, 0.2) is 6.10 Å². The molecule has 0 fully saturated rings. The maximum absolute atomic E-state index is 12.6. The zero-order valence-corrected chi connectivity index (χ0v) is 17.1. The number of hydrogen-bond donors (Lipinski definition) is 0. The van der Waals surface area contributed by atoms with Crippen molar-refractivity contribution in [3.63, 3.8) is 0 Å². The number of hydrogen-bond acceptors (Lipinski definition) is 9. The minimum atomic E-state index is -0.875. The first-order chi connectivity index (χ1) is 13.1. The highest BCUT2D eigenvalue weighted by Crippen LogP contribution is 2.48. The van der Waals surface area contributed by atoms with Crippen molar-refractivity contribution in [2.45, 2.75) is 59.2 Å². The third-order valence-corrected chi connectivity index (χ3v) is 5.46. The van der Waals surface area contributed by atoms with Gasteiger partial charge in [0.2, 0.25) is 0 Å². The predicted octanol–water partition coefficient (Wildman–Crippen LogP) is 3.13. The molecule has 2 rings (SSSR count). The second-order valence-electron chi connectivity index (χ2n) is 6.31. The highest BCUT2D eigenvalue weighted by molar-refractivity contribution is 7.13. The Morgan fingerprint density at radius 1 is 1.00 bits per heavy atom. The van der Waals surface area contributed by atoms with Gasteiger partial charge in [-0.3, -0.25) is 9.59 Å². The summed E-state index contributed by atoms with van der Waals surface area (Å²) >= 11 is 1.34. The van der Waals surface area contributed by atoms with Gasteiger partial charge in [0.25, 0.3) is 0 Å². The number of allylic oxidation sites excluding steroid dienone is 1. The minimum Gasteiger partial charge on any atom is -0.458 e. The summed E-state index contributed by atoms with van der Waals surface area (Å²) in [7, 11) is 0. The molecule has 3 atom stereocenters. The lowest BCUT2D eigenvalue weighted by Crippen LogP contribution is -2.36. The largest absolute Gasteiger partial charge is 0.458 e. The molecule has 0 unspecified atom stereocenters. The first-order valence-corrected chi connectivity index (χ1v) is 9.46. The molecule has 0 radical (unpaired) electrons. The molecule has 0 amide bonds. The van der Waals surface area contributed by atoms with Gasteiger partial charge in [-0.15, -0.1) is 11.3 Å². The smallest absolute Gasteiger partial charge is 0.363 e. The molecule has 1 heterocycles. The second-order valence-corrected chi connectivity index (χ2v) is 7.40. The highest BCUT2D eigenvalue weighted by atomic mass is 32.1. The monoisotopic (exact) mass is 410 g/mol. The summed E-state index contributed by atoms with van der Waals surface area (Å²) in [4.78, 5) is 57.3. The Balaban J connectivity index is 2.55. The van der Waals surface area contributed by atoms with Crippen LogP contribution in [0.3, 0.4) is 0 Å². The summed E-state index contributed by atoms with van der Waals surface area (Å²) in [5.74, 6) is -3.51. The fourth-order valence-corrected chi connectivity index (χ4v) is 4.59. The van der Waals surface area contributed by atoms with E-state index in [1.807, 2.05) is 26.0 Å². The molecule has 0 spiro atoms. The van der Waals surface area contributed by atoms with E-state index in [0.29, 0.717) is 10.4 Å². The summed E-state index contributed by atoms with van der Waals surface area (Å²) in [6.45, 7) is 7.30. The van der Waals surface area contributed by atoms with Gasteiger partial charge >= 0.3 is 23.9 Å². The first kappa shape index (κ1) is 21.6. The molecule has 1 aromatic heterocycles. The second kappa shape index (κ2) is 9.01. The van der Waals surface area contributed by atoms with Crippen LogP contribution in [0.15, 0.2) is 6.08 Å². The fraction of sp³-hybridized carbons (Fsp3) is 0.474. The third kappa shape index (κ3) is 4.78. The number of carbonyl (C=O) groups excluding carboxylic acids is 4. The number of carbonyl (C=O) groups is 4. The summed E-state index contributed by atoms with van der Waals surface area (Å²) in [5.41, 5.74) is 1.45. The standard InChI is InChI=1S/C19H22O8S/c1-6-7-15-9(2)16-13(19(23)27-26-12(5)22)8-14(24-10(3)20)17(18(16)28-15)25-11(4)21/h6-7,13-14,17H,8H2,1-5H3/t13-,14-,17+/m1/s1. The van der Waals surface area contributed by atoms with Crippen LogP contribution in [0.5, 0.6) is 0 Å². The molecule has 8 nitrogen and oxygen atoms in total. The van der Waals surface area contributed by atoms with Gasteiger partial charge in [0.1, 0.15) is 6.10 Å². The number of rotatable bonds is 4. The van der Waals surface area contributed by atoms with Gasteiger partial charge in [0, 0.05) is 32.1 Å². The average Bonchev–Trinajstić information content (AvgIpc) is 2.91. The van der Waals surface area contributed by atoms with E-state index in [4.69, 9.17) is 9.47 Å². The molecule has 28 heavy (non-hydrogen) atoms. The Bertz CT molecular complexity index is 822. The molecule has 0 bridgehead atoms. The lowest BCUT2D eigenvalue weighted by Gasteiger charge is -2.33. The van der Waals surface area contributed by atoms with Crippen LogP contribution >= 0.6 is 11.3 Å². The zero-order chi connectivity index (χ0) is 21.0. The SMILES string of the molecule is CC=Cc1sc2c(c1C)[C@H](C(=O)OOC(C)=O)C[C@@H](OC(C)=O)[C@@H]2OC(C)=O. The average molecular weight is 410 g/mol. The summed E-state index contributed by atoms with van der Waals surface area (Å²) in [6.07, 6.45) is 2.04. The van der Waals surface area contributed by atoms with Crippen molar-refractivity contribution in [1.29, 1.82) is 0 Å². The maximum atomic E-state index is 12.6. The van der Waals surface area contributed by atoms with Crippen LogP contribution in [0.4, 0.5) is 0 Å². The number of fused-ring (bicyclic) bond motifs is 1. The molecular formula is C19H22O8S.